The van der Waals surface area contributed by atoms with Crippen LogP contribution in [0.1, 0.15) is 16.7 Å². The molecule has 1 heterocycles. The molecule has 0 radical (unpaired) electrons. The molecule has 25 heavy (non-hydrogen) atoms. The minimum Gasteiger partial charge on any atom is -0.392 e. The second-order valence-corrected chi connectivity index (χ2v) is 5.62. The number of hydrogen-bond acceptors (Lipinski definition) is 6. The summed E-state index contributed by atoms with van der Waals surface area (Å²) in [6.07, 6.45) is 0. The van der Waals surface area contributed by atoms with Crippen molar-refractivity contribution in [1.82, 2.24) is 15.0 Å². The highest BCUT2D eigenvalue weighted by Gasteiger charge is 2.15. The molecule has 3 rings (SSSR count). The number of nitrogens with zero attached hydrogens (tertiary/aromatic N) is 3. The topological polar surface area (TPSA) is 97.0 Å². The standard InChI is InChI=1S/C18H18FN5O/c1-11-4-2-5-12(8-11)9-21-18-23-16(22-17(20)24-18)15-13(10-25)6-3-7-14(15)19/h2-8,25H,9-10H2,1H3,(H3,20,21,22,23,24). The molecule has 0 saturated carbocycles. The molecule has 0 fully saturated rings. The van der Waals surface area contributed by atoms with Gasteiger partial charge in [-0.2, -0.15) is 15.0 Å². The molecule has 1 aromatic heterocycles. The summed E-state index contributed by atoms with van der Waals surface area (Å²) in [6, 6.07) is 12.4. The third-order valence-electron chi connectivity index (χ3n) is 3.68. The predicted molar refractivity (Wildman–Crippen MR) is 94.1 cm³/mol. The van der Waals surface area contributed by atoms with E-state index in [0.717, 1.165) is 11.1 Å². The lowest BCUT2D eigenvalue weighted by Gasteiger charge is -2.10. The Kier molecular flexibility index (Phi) is 4.85. The molecule has 0 saturated heterocycles. The maximum Gasteiger partial charge on any atom is 0.228 e. The molecule has 0 aliphatic heterocycles. The van der Waals surface area contributed by atoms with Gasteiger partial charge in [0.05, 0.1) is 12.2 Å². The number of aromatic nitrogens is 3. The van der Waals surface area contributed by atoms with Gasteiger partial charge in [-0.05, 0) is 24.1 Å². The fraction of sp³-hybridized carbons (Fsp3) is 0.167. The van der Waals surface area contributed by atoms with Crippen molar-refractivity contribution in [1.29, 1.82) is 0 Å². The molecule has 0 amide bonds. The molecule has 0 aliphatic carbocycles. The van der Waals surface area contributed by atoms with E-state index in [0.29, 0.717) is 12.1 Å². The van der Waals surface area contributed by atoms with Gasteiger partial charge in [-0.25, -0.2) is 4.39 Å². The van der Waals surface area contributed by atoms with Gasteiger partial charge in [0.25, 0.3) is 0 Å². The quantitative estimate of drug-likeness (QED) is 0.661. The van der Waals surface area contributed by atoms with Crippen LogP contribution < -0.4 is 11.1 Å². The summed E-state index contributed by atoms with van der Waals surface area (Å²) >= 11 is 0. The van der Waals surface area contributed by atoms with Crippen LogP contribution in [0.4, 0.5) is 16.3 Å². The first-order valence-electron chi connectivity index (χ1n) is 7.76. The van der Waals surface area contributed by atoms with Gasteiger partial charge in [0.15, 0.2) is 5.82 Å². The Morgan fingerprint density at radius 1 is 1.12 bits per heavy atom. The van der Waals surface area contributed by atoms with Crippen LogP contribution in [0.25, 0.3) is 11.4 Å². The molecule has 4 N–H and O–H groups in total. The molecule has 7 heteroatoms. The Balaban J connectivity index is 1.91. The van der Waals surface area contributed by atoms with E-state index >= 15 is 0 Å². The third-order valence-corrected chi connectivity index (χ3v) is 3.68. The van der Waals surface area contributed by atoms with Crippen LogP contribution in [-0.4, -0.2) is 20.1 Å². The Hall–Kier alpha value is -3.06. The minimum absolute atomic E-state index is 0.0242. The Morgan fingerprint density at radius 3 is 2.68 bits per heavy atom. The maximum absolute atomic E-state index is 14.2. The van der Waals surface area contributed by atoms with Crippen molar-refractivity contribution in [2.45, 2.75) is 20.1 Å². The van der Waals surface area contributed by atoms with Crippen molar-refractivity contribution >= 4 is 11.9 Å². The average molecular weight is 339 g/mol. The molecule has 0 unspecified atom stereocenters. The number of nitrogens with one attached hydrogen (secondary N) is 1. The van der Waals surface area contributed by atoms with Crippen molar-refractivity contribution in [3.05, 3.63) is 65.0 Å². The molecule has 0 aliphatic rings. The Bertz CT molecular complexity index is 900. The van der Waals surface area contributed by atoms with Gasteiger partial charge in [-0.1, -0.05) is 42.0 Å². The average Bonchev–Trinajstić information content (AvgIpc) is 2.59. The van der Waals surface area contributed by atoms with Gasteiger partial charge in [-0.15, -0.1) is 0 Å². The Labute approximate surface area is 144 Å². The van der Waals surface area contributed by atoms with Crippen molar-refractivity contribution in [3.63, 3.8) is 0 Å². The molecule has 6 nitrogen and oxygen atoms in total. The molecular formula is C18H18FN5O. The lowest BCUT2D eigenvalue weighted by molar-refractivity contribution is 0.282. The number of benzene rings is 2. The number of aliphatic hydroxyl groups excluding tert-OH is 1. The zero-order valence-electron chi connectivity index (χ0n) is 13.7. The summed E-state index contributed by atoms with van der Waals surface area (Å²) in [4.78, 5) is 12.3. The fourth-order valence-electron chi connectivity index (χ4n) is 2.54. The highest BCUT2D eigenvalue weighted by molar-refractivity contribution is 5.63. The van der Waals surface area contributed by atoms with Crippen LogP contribution in [0, 0.1) is 12.7 Å². The smallest absolute Gasteiger partial charge is 0.228 e. The summed E-state index contributed by atoms with van der Waals surface area (Å²) in [6.45, 7) is 2.18. The van der Waals surface area contributed by atoms with E-state index in [1.165, 1.54) is 12.1 Å². The van der Waals surface area contributed by atoms with E-state index in [2.05, 4.69) is 20.3 Å². The fourth-order valence-corrected chi connectivity index (χ4v) is 2.54. The van der Waals surface area contributed by atoms with Crippen molar-refractivity contribution in [3.8, 4) is 11.4 Å². The van der Waals surface area contributed by atoms with Crippen molar-refractivity contribution in [2.24, 2.45) is 0 Å². The van der Waals surface area contributed by atoms with Crippen LogP contribution in [0.2, 0.25) is 0 Å². The molecule has 0 atom stereocenters. The second kappa shape index (κ2) is 7.23. The van der Waals surface area contributed by atoms with Gasteiger partial charge in [-0.3, -0.25) is 0 Å². The van der Waals surface area contributed by atoms with Gasteiger partial charge in [0.1, 0.15) is 5.82 Å². The largest absolute Gasteiger partial charge is 0.392 e. The zero-order valence-corrected chi connectivity index (χ0v) is 13.7. The van der Waals surface area contributed by atoms with Gasteiger partial charge in [0, 0.05) is 6.54 Å². The highest BCUT2D eigenvalue weighted by Crippen LogP contribution is 2.25. The van der Waals surface area contributed by atoms with Gasteiger partial charge in [0.2, 0.25) is 11.9 Å². The number of nitrogen functional groups attached to an aromatic ring is 1. The number of nitrogens with two attached hydrogens (primary N) is 1. The maximum atomic E-state index is 14.2. The lowest BCUT2D eigenvalue weighted by atomic mass is 10.1. The molecule has 3 aromatic rings. The van der Waals surface area contributed by atoms with Crippen LogP contribution in [0.15, 0.2) is 42.5 Å². The number of rotatable bonds is 5. The first kappa shape index (κ1) is 16.8. The summed E-state index contributed by atoms with van der Waals surface area (Å²) in [5.41, 5.74) is 8.46. The third kappa shape index (κ3) is 3.89. The van der Waals surface area contributed by atoms with Crippen LogP contribution in [-0.2, 0) is 13.2 Å². The minimum atomic E-state index is -0.526. The predicted octanol–water partition coefficient (Wildman–Crippen LogP) is 2.67. The van der Waals surface area contributed by atoms with E-state index in [-0.39, 0.29) is 29.9 Å². The summed E-state index contributed by atoms with van der Waals surface area (Å²) < 4.78 is 14.2. The van der Waals surface area contributed by atoms with Gasteiger partial charge >= 0.3 is 0 Å². The van der Waals surface area contributed by atoms with Crippen LogP contribution >= 0.6 is 0 Å². The van der Waals surface area contributed by atoms with Gasteiger partial charge < -0.3 is 16.2 Å². The van der Waals surface area contributed by atoms with Crippen molar-refractivity contribution in [2.75, 3.05) is 11.1 Å². The molecule has 0 spiro atoms. The first-order valence-corrected chi connectivity index (χ1v) is 7.76. The normalized spacial score (nSPS) is 10.7. The molecular weight excluding hydrogens is 321 g/mol. The zero-order chi connectivity index (χ0) is 17.8. The number of halogens is 1. The number of anilines is 2. The number of aliphatic hydroxyl groups is 1. The first-order chi connectivity index (χ1) is 12.1. The second-order valence-electron chi connectivity index (χ2n) is 5.62. The van der Waals surface area contributed by atoms with Crippen LogP contribution in [0.3, 0.4) is 0 Å². The molecule has 2 aromatic carbocycles. The highest BCUT2D eigenvalue weighted by atomic mass is 19.1. The van der Waals surface area contributed by atoms with E-state index in [1.807, 2.05) is 31.2 Å². The van der Waals surface area contributed by atoms with E-state index in [1.54, 1.807) is 6.07 Å². The van der Waals surface area contributed by atoms with E-state index < -0.39 is 5.82 Å². The summed E-state index contributed by atoms with van der Waals surface area (Å²) in [5, 5.41) is 12.5. The van der Waals surface area contributed by atoms with Crippen LogP contribution in [0.5, 0.6) is 0 Å². The molecule has 0 bridgehead atoms. The van der Waals surface area contributed by atoms with Crippen molar-refractivity contribution < 1.29 is 9.50 Å². The number of hydrogen-bond donors (Lipinski definition) is 3. The number of aryl methyl sites for hydroxylation is 1. The Morgan fingerprint density at radius 2 is 1.92 bits per heavy atom. The lowest BCUT2D eigenvalue weighted by Crippen LogP contribution is -2.09. The van der Waals surface area contributed by atoms with E-state index in [4.69, 9.17) is 5.73 Å². The molecule has 128 valence electrons. The van der Waals surface area contributed by atoms with E-state index in [9.17, 15) is 9.50 Å². The summed E-state index contributed by atoms with van der Waals surface area (Å²) in [7, 11) is 0. The SMILES string of the molecule is Cc1cccc(CNc2nc(N)nc(-c3c(F)cccc3CO)n2)c1. The monoisotopic (exact) mass is 339 g/mol. The summed E-state index contributed by atoms with van der Waals surface area (Å²) in [5.74, 6) is -0.219.